The van der Waals surface area contributed by atoms with Crippen LogP contribution in [0.2, 0.25) is 0 Å². The third-order valence-corrected chi connectivity index (χ3v) is 7.91. The topological polar surface area (TPSA) is 129 Å². The largest absolute Gasteiger partial charge is 0.485 e. The Balaban J connectivity index is 1.63. The first-order chi connectivity index (χ1) is 19.1. The molecule has 1 aromatic carbocycles. The van der Waals surface area contributed by atoms with Crippen LogP contribution < -0.4 is 15.4 Å². The highest BCUT2D eigenvalue weighted by Crippen LogP contribution is 2.35. The van der Waals surface area contributed by atoms with Crippen molar-refractivity contribution in [2.75, 3.05) is 32.1 Å². The molecule has 2 aliphatic rings. The van der Waals surface area contributed by atoms with Crippen molar-refractivity contribution in [2.24, 2.45) is 13.0 Å². The average Bonchev–Trinajstić information content (AvgIpc) is 3.28. The Labute approximate surface area is 235 Å². The van der Waals surface area contributed by atoms with Gasteiger partial charge in [-0.15, -0.1) is 0 Å². The van der Waals surface area contributed by atoms with Gasteiger partial charge in [0.15, 0.2) is 5.75 Å². The Morgan fingerprint density at radius 3 is 2.62 bits per heavy atom. The molecule has 1 aromatic heterocycles. The molecule has 3 N–H and O–H groups in total. The van der Waals surface area contributed by atoms with E-state index < -0.39 is 12.1 Å². The molecule has 1 saturated carbocycles. The van der Waals surface area contributed by atoms with Crippen LogP contribution in [-0.4, -0.2) is 87.5 Å². The summed E-state index contributed by atoms with van der Waals surface area (Å²) in [5.41, 5.74) is 1.71. The minimum Gasteiger partial charge on any atom is -0.485 e. The maximum Gasteiger partial charge on any atom is 0.317 e. The summed E-state index contributed by atoms with van der Waals surface area (Å²) < 4.78 is 8.03. The molecule has 0 spiro atoms. The lowest BCUT2D eigenvalue weighted by atomic mass is 9.96. The van der Waals surface area contributed by atoms with Crippen LogP contribution in [0.5, 0.6) is 5.75 Å². The van der Waals surface area contributed by atoms with Gasteiger partial charge in [0.2, 0.25) is 0 Å². The molecule has 4 rings (SSSR count). The summed E-state index contributed by atoms with van der Waals surface area (Å²) >= 11 is 0. The van der Waals surface area contributed by atoms with Crippen molar-refractivity contribution in [3.05, 3.63) is 41.2 Å². The number of anilines is 1. The molecule has 218 valence electrons. The highest BCUT2D eigenvalue weighted by atomic mass is 16.5. The van der Waals surface area contributed by atoms with E-state index in [4.69, 9.17) is 4.74 Å². The lowest BCUT2D eigenvalue weighted by Crippen LogP contribution is -2.52. The Kier molecular flexibility index (Phi) is 9.34. The van der Waals surface area contributed by atoms with E-state index in [0.29, 0.717) is 23.6 Å². The zero-order chi connectivity index (χ0) is 29.0. The smallest absolute Gasteiger partial charge is 0.317 e. The molecule has 1 aliphatic heterocycles. The van der Waals surface area contributed by atoms with Crippen LogP contribution in [0, 0.1) is 12.8 Å². The van der Waals surface area contributed by atoms with Crippen LogP contribution in [-0.2, 0) is 7.05 Å². The number of nitrogens with one attached hydrogen (secondary N) is 2. The lowest BCUT2D eigenvalue weighted by Gasteiger charge is -2.38. The van der Waals surface area contributed by atoms with Crippen molar-refractivity contribution < 1.29 is 24.2 Å². The molecule has 0 unspecified atom stereocenters. The molecule has 0 saturated heterocycles. The van der Waals surface area contributed by atoms with Gasteiger partial charge in [0.1, 0.15) is 11.8 Å². The number of aliphatic hydroxyl groups excluding tert-OH is 1. The van der Waals surface area contributed by atoms with E-state index in [9.17, 15) is 19.5 Å². The predicted molar refractivity (Wildman–Crippen MR) is 152 cm³/mol. The lowest BCUT2D eigenvalue weighted by molar-refractivity contribution is 0.0367. The van der Waals surface area contributed by atoms with E-state index in [1.165, 1.54) is 11.1 Å². The maximum atomic E-state index is 13.7. The third kappa shape index (κ3) is 6.57. The molecule has 2 aromatic rings. The van der Waals surface area contributed by atoms with Gasteiger partial charge in [-0.2, -0.15) is 5.10 Å². The molecule has 11 heteroatoms. The highest BCUT2D eigenvalue weighted by Gasteiger charge is 2.35. The summed E-state index contributed by atoms with van der Waals surface area (Å²) in [6.07, 6.45) is 4.92. The summed E-state index contributed by atoms with van der Waals surface area (Å²) in [7, 11) is 3.43. The summed E-state index contributed by atoms with van der Waals surface area (Å²) in [6.45, 7) is 5.99. The first kappa shape index (κ1) is 29.4. The van der Waals surface area contributed by atoms with Crippen molar-refractivity contribution in [3.8, 4) is 5.75 Å². The quantitative estimate of drug-likeness (QED) is 0.482. The number of amides is 4. The van der Waals surface area contributed by atoms with Gasteiger partial charge >= 0.3 is 6.03 Å². The third-order valence-electron chi connectivity index (χ3n) is 7.91. The van der Waals surface area contributed by atoms with E-state index in [0.717, 1.165) is 25.7 Å². The number of rotatable bonds is 7. The highest BCUT2D eigenvalue weighted by molar-refractivity contribution is 6.06. The number of hydrogen-bond donors (Lipinski definition) is 3. The van der Waals surface area contributed by atoms with Crippen molar-refractivity contribution >= 4 is 23.5 Å². The van der Waals surface area contributed by atoms with E-state index in [1.807, 2.05) is 6.92 Å². The molecule has 1 fully saturated rings. The van der Waals surface area contributed by atoms with Crippen molar-refractivity contribution in [1.29, 1.82) is 0 Å². The summed E-state index contributed by atoms with van der Waals surface area (Å²) in [4.78, 5) is 43.2. The number of aromatic nitrogens is 2. The SMILES string of the molecule is Cc1cc(C(=O)Nc2cccc3c2O[C@H](CN(C)C(=O)NC2CCCCC2)[C@@H](C)CN([C@H](C)CO)C3=O)n(C)n1. The van der Waals surface area contributed by atoms with Gasteiger partial charge in [-0.1, -0.05) is 32.3 Å². The number of carbonyl (C=O) groups is 3. The van der Waals surface area contributed by atoms with Gasteiger partial charge < -0.3 is 30.3 Å². The first-order valence-corrected chi connectivity index (χ1v) is 14.1. The number of urea groups is 1. The molecule has 0 radical (unpaired) electrons. The van der Waals surface area contributed by atoms with Crippen LogP contribution >= 0.6 is 0 Å². The van der Waals surface area contributed by atoms with Gasteiger partial charge in [0, 0.05) is 32.6 Å². The van der Waals surface area contributed by atoms with Crippen molar-refractivity contribution in [2.45, 2.75) is 71.1 Å². The van der Waals surface area contributed by atoms with E-state index in [1.54, 1.807) is 62.0 Å². The van der Waals surface area contributed by atoms with Gasteiger partial charge in [-0.3, -0.25) is 14.3 Å². The van der Waals surface area contributed by atoms with E-state index in [2.05, 4.69) is 15.7 Å². The van der Waals surface area contributed by atoms with Crippen LogP contribution in [0.4, 0.5) is 10.5 Å². The number of likely N-dealkylation sites (N-methyl/N-ethyl adjacent to an activating group) is 1. The normalized spacial score (nSPS) is 20.6. The Morgan fingerprint density at radius 2 is 1.98 bits per heavy atom. The van der Waals surface area contributed by atoms with Crippen molar-refractivity contribution in [1.82, 2.24) is 24.9 Å². The average molecular weight is 555 g/mol. The molecule has 40 heavy (non-hydrogen) atoms. The molecule has 4 amide bonds. The summed E-state index contributed by atoms with van der Waals surface area (Å²) in [5.74, 6) is -0.617. The minimum atomic E-state index is -0.487. The second kappa shape index (κ2) is 12.7. The number of fused-ring (bicyclic) bond motifs is 1. The number of carbonyl (C=O) groups excluding carboxylic acids is 3. The van der Waals surface area contributed by atoms with Gasteiger partial charge in [-0.05, 0) is 44.9 Å². The second-order valence-electron chi connectivity index (χ2n) is 11.2. The fourth-order valence-corrected chi connectivity index (χ4v) is 5.45. The summed E-state index contributed by atoms with van der Waals surface area (Å²) in [6, 6.07) is 6.32. The fraction of sp³-hybridized carbons (Fsp3) is 0.586. The number of ether oxygens (including phenoxy) is 1. The van der Waals surface area contributed by atoms with Crippen LogP contribution in [0.25, 0.3) is 0 Å². The molecule has 2 heterocycles. The minimum absolute atomic E-state index is 0.158. The van der Waals surface area contributed by atoms with Crippen LogP contribution in [0.1, 0.15) is 72.5 Å². The van der Waals surface area contributed by atoms with E-state index >= 15 is 0 Å². The number of aryl methyl sites for hydroxylation is 2. The molecule has 0 bridgehead atoms. The van der Waals surface area contributed by atoms with Gasteiger partial charge in [-0.25, -0.2) is 4.79 Å². The second-order valence-corrected chi connectivity index (χ2v) is 11.2. The number of para-hydroxylation sites is 1. The van der Waals surface area contributed by atoms with Crippen LogP contribution in [0.15, 0.2) is 24.3 Å². The number of hydrogen-bond acceptors (Lipinski definition) is 6. The Morgan fingerprint density at radius 1 is 1.25 bits per heavy atom. The predicted octanol–water partition coefficient (Wildman–Crippen LogP) is 3.18. The van der Waals surface area contributed by atoms with E-state index in [-0.39, 0.29) is 54.3 Å². The Hall–Kier alpha value is -3.60. The monoisotopic (exact) mass is 554 g/mol. The maximum absolute atomic E-state index is 13.7. The molecule has 3 atom stereocenters. The molecular formula is C29H42N6O5. The van der Waals surface area contributed by atoms with Crippen LogP contribution in [0.3, 0.4) is 0 Å². The van der Waals surface area contributed by atoms with Gasteiger partial charge in [0.25, 0.3) is 11.8 Å². The molecule has 11 nitrogen and oxygen atoms in total. The number of benzene rings is 1. The summed E-state index contributed by atoms with van der Waals surface area (Å²) in [5, 5.41) is 20.2. The van der Waals surface area contributed by atoms with Gasteiger partial charge in [0.05, 0.1) is 36.1 Å². The molecular weight excluding hydrogens is 512 g/mol. The fourth-order valence-electron chi connectivity index (χ4n) is 5.45. The zero-order valence-electron chi connectivity index (χ0n) is 24.1. The standard InChI is InChI=1S/C29H42N6O5/c1-18-15-35(20(3)17-36)28(38)22-12-9-13-23(31-27(37)24-14-19(2)32-34(24)5)26(22)40-25(18)16-33(4)29(39)30-21-10-7-6-8-11-21/h9,12-14,18,20-21,25,36H,6-8,10-11,15-17H2,1-5H3,(H,30,39)(H,31,37)/t18-,20+,25+/m0/s1. The Bertz CT molecular complexity index is 1220. The number of nitrogens with zero attached hydrogens (tertiary/aromatic N) is 4. The first-order valence-electron chi connectivity index (χ1n) is 14.1. The zero-order valence-corrected chi connectivity index (χ0v) is 24.1. The number of aliphatic hydroxyl groups is 1. The van der Waals surface area contributed by atoms with Crippen molar-refractivity contribution in [3.63, 3.8) is 0 Å². The molecule has 1 aliphatic carbocycles.